The molecule has 0 unspecified atom stereocenters. The SMILES string of the molecule is CCCCOc1ccnc2ccc(C(F)(F)F)cc12. The fourth-order valence-electron chi connectivity index (χ4n) is 1.75. The van der Waals surface area contributed by atoms with Gasteiger partial charge in [-0.2, -0.15) is 13.2 Å². The second kappa shape index (κ2) is 5.47. The molecular formula is C14H14F3NO. The Balaban J connectivity index is 2.40. The van der Waals surface area contributed by atoms with E-state index in [1.165, 1.54) is 12.3 Å². The fraction of sp³-hybridized carbons (Fsp3) is 0.357. The van der Waals surface area contributed by atoms with Crippen molar-refractivity contribution in [3.05, 3.63) is 36.0 Å². The van der Waals surface area contributed by atoms with E-state index in [-0.39, 0.29) is 0 Å². The van der Waals surface area contributed by atoms with Crippen LogP contribution in [0.2, 0.25) is 0 Å². The van der Waals surface area contributed by atoms with Crippen LogP contribution in [0.25, 0.3) is 10.9 Å². The predicted octanol–water partition coefficient (Wildman–Crippen LogP) is 4.43. The first-order chi connectivity index (χ1) is 9.02. The Labute approximate surface area is 109 Å². The number of nitrogens with zero attached hydrogens (tertiary/aromatic N) is 1. The number of fused-ring (bicyclic) bond motifs is 1. The highest BCUT2D eigenvalue weighted by atomic mass is 19.4. The molecular weight excluding hydrogens is 255 g/mol. The summed E-state index contributed by atoms with van der Waals surface area (Å²) in [5.74, 6) is 0.449. The number of aromatic nitrogens is 1. The van der Waals surface area contributed by atoms with E-state index in [1.54, 1.807) is 6.07 Å². The molecule has 0 aliphatic carbocycles. The van der Waals surface area contributed by atoms with Crippen LogP contribution >= 0.6 is 0 Å². The average molecular weight is 269 g/mol. The van der Waals surface area contributed by atoms with Crippen LogP contribution in [0.4, 0.5) is 13.2 Å². The number of hydrogen-bond donors (Lipinski definition) is 0. The maximum atomic E-state index is 12.7. The van der Waals surface area contributed by atoms with Crippen LogP contribution in [0.5, 0.6) is 5.75 Å². The molecule has 0 N–H and O–H groups in total. The minimum atomic E-state index is -4.36. The zero-order chi connectivity index (χ0) is 13.9. The zero-order valence-corrected chi connectivity index (χ0v) is 10.5. The maximum Gasteiger partial charge on any atom is 0.416 e. The third-order valence-electron chi connectivity index (χ3n) is 2.78. The quantitative estimate of drug-likeness (QED) is 0.766. The van der Waals surface area contributed by atoms with Gasteiger partial charge in [-0.15, -0.1) is 0 Å². The molecule has 0 radical (unpaired) electrons. The number of unbranched alkanes of at least 4 members (excludes halogenated alkanes) is 1. The van der Waals surface area contributed by atoms with Gasteiger partial charge >= 0.3 is 6.18 Å². The van der Waals surface area contributed by atoms with Gasteiger partial charge in [0.1, 0.15) is 5.75 Å². The first-order valence-corrected chi connectivity index (χ1v) is 6.11. The summed E-state index contributed by atoms with van der Waals surface area (Å²) in [6, 6.07) is 5.08. The Morgan fingerprint density at radius 2 is 2.00 bits per heavy atom. The lowest BCUT2D eigenvalue weighted by atomic mass is 10.1. The van der Waals surface area contributed by atoms with Gasteiger partial charge in [0.15, 0.2) is 0 Å². The molecule has 0 amide bonds. The van der Waals surface area contributed by atoms with Crippen molar-refractivity contribution in [2.24, 2.45) is 0 Å². The van der Waals surface area contributed by atoms with E-state index in [1.807, 2.05) is 6.92 Å². The van der Waals surface area contributed by atoms with E-state index < -0.39 is 11.7 Å². The van der Waals surface area contributed by atoms with E-state index in [2.05, 4.69) is 4.98 Å². The van der Waals surface area contributed by atoms with E-state index in [4.69, 9.17) is 4.74 Å². The minimum Gasteiger partial charge on any atom is -0.493 e. The smallest absolute Gasteiger partial charge is 0.416 e. The molecule has 0 fully saturated rings. The number of ether oxygens (including phenoxy) is 1. The van der Waals surface area contributed by atoms with Crippen LogP contribution in [0.1, 0.15) is 25.3 Å². The molecule has 0 saturated heterocycles. The molecule has 19 heavy (non-hydrogen) atoms. The van der Waals surface area contributed by atoms with E-state index >= 15 is 0 Å². The van der Waals surface area contributed by atoms with Crippen molar-refractivity contribution in [1.29, 1.82) is 0 Å². The van der Waals surface area contributed by atoms with Crippen LogP contribution in [0.15, 0.2) is 30.5 Å². The summed E-state index contributed by atoms with van der Waals surface area (Å²) in [5.41, 5.74) is -0.185. The number of halogens is 3. The molecule has 5 heteroatoms. The summed E-state index contributed by atoms with van der Waals surface area (Å²) < 4.78 is 43.6. The van der Waals surface area contributed by atoms with Crippen molar-refractivity contribution in [2.75, 3.05) is 6.61 Å². The standard InChI is InChI=1S/C14H14F3NO/c1-2-3-8-19-13-6-7-18-12-5-4-10(9-11(12)13)14(15,16)17/h4-7,9H,2-3,8H2,1H3. The minimum absolute atomic E-state index is 0.397. The van der Waals surface area contributed by atoms with Crippen LogP contribution in [-0.4, -0.2) is 11.6 Å². The van der Waals surface area contributed by atoms with Gasteiger partial charge in [-0.05, 0) is 30.7 Å². The third-order valence-corrected chi connectivity index (χ3v) is 2.78. The Morgan fingerprint density at radius 1 is 1.21 bits per heavy atom. The highest BCUT2D eigenvalue weighted by Gasteiger charge is 2.30. The summed E-state index contributed by atoms with van der Waals surface area (Å²) in [4.78, 5) is 4.05. The molecule has 2 rings (SSSR count). The molecule has 0 aliphatic rings. The van der Waals surface area contributed by atoms with Gasteiger partial charge in [0.25, 0.3) is 0 Å². The van der Waals surface area contributed by atoms with Crippen molar-refractivity contribution in [3.63, 3.8) is 0 Å². The van der Waals surface area contributed by atoms with Crippen molar-refractivity contribution in [1.82, 2.24) is 4.98 Å². The molecule has 0 aliphatic heterocycles. The van der Waals surface area contributed by atoms with Crippen LogP contribution in [0.3, 0.4) is 0 Å². The number of pyridine rings is 1. The Bertz CT molecular complexity index is 566. The largest absolute Gasteiger partial charge is 0.493 e. The normalized spacial score (nSPS) is 11.8. The van der Waals surface area contributed by atoms with Crippen LogP contribution in [0, 0.1) is 0 Å². The molecule has 102 valence electrons. The van der Waals surface area contributed by atoms with E-state index in [0.717, 1.165) is 25.0 Å². The molecule has 0 atom stereocenters. The summed E-state index contributed by atoms with van der Waals surface area (Å²) >= 11 is 0. The van der Waals surface area contributed by atoms with Crippen molar-refractivity contribution >= 4 is 10.9 Å². The summed E-state index contributed by atoms with van der Waals surface area (Å²) in [6.45, 7) is 2.52. The first-order valence-electron chi connectivity index (χ1n) is 6.11. The lowest BCUT2D eigenvalue weighted by Crippen LogP contribution is -2.05. The van der Waals surface area contributed by atoms with Crippen molar-refractivity contribution in [3.8, 4) is 5.75 Å². The molecule has 2 nitrogen and oxygen atoms in total. The molecule has 0 saturated carbocycles. The predicted molar refractivity (Wildman–Crippen MR) is 67.1 cm³/mol. The Hall–Kier alpha value is -1.78. The third kappa shape index (κ3) is 3.16. The Morgan fingerprint density at radius 3 is 2.68 bits per heavy atom. The summed E-state index contributed by atoms with van der Waals surface area (Å²) in [6.07, 6.45) is -0.985. The van der Waals surface area contributed by atoms with Crippen LogP contribution in [-0.2, 0) is 6.18 Å². The molecule has 0 bridgehead atoms. The number of benzene rings is 1. The van der Waals surface area contributed by atoms with Crippen molar-refractivity contribution in [2.45, 2.75) is 25.9 Å². The number of rotatable bonds is 4. The first kappa shape index (κ1) is 13.6. The summed E-state index contributed by atoms with van der Waals surface area (Å²) in [7, 11) is 0. The Kier molecular flexibility index (Phi) is 3.93. The lowest BCUT2D eigenvalue weighted by molar-refractivity contribution is -0.137. The molecule has 1 heterocycles. The number of alkyl halides is 3. The monoisotopic (exact) mass is 269 g/mol. The average Bonchev–Trinajstić information content (AvgIpc) is 2.37. The second-order valence-electron chi connectivity index (χ2n) is 4.24. The van der Waals surface area contributed by atoms with Gasteiger partial charge in [-0.3, -0.25) is 4.98 Å². The van der Waals surface area contributed by atoms with Crippen molar-refractivity contribution < 1.29 is 17.9 Å². The molecule has 1 aromatic heterocycles. The zero-order valence-electron chi connectivity index (χ0n) is 10.5. The molecule has 1 aromatic carbocycles. The van der Waals surface area contributed by atoms with Gasteiger partial charge < -0.3 is 4.74 Å². The van der Waals surface area contributed by atoms with Gasteiger partial charge in [-0.25, -0.2) is 0 Å². The molecule has 0 spiro atoms. The highest BCUT2D eigenvalue weighted by molar-refractivity contribution is 5.85. The summed E-state index contributed by atoms with van der Waals surface area (Å²) in [5, 5.41) is 0.397. The van der Waals surface area contributed by atoms with Crippen LogP contribution < -0.4 is 4.74 Å². The maximum absolute atomic E-state index is 12.7. The van der Waals surface area contributed by atoms with Gasteiger partial charge in [-0.1, -0.05) is 13.3 Å². The lowest BCUT2D eigenvalue weighted by Gasteiger charge is -2.11. The van der Waals surface area contributed by atoms with Gasteiger partial charge in [0, 0.05) is 11.6 Å². The number of hydrogen-bond acceptors (Lipinski definition) is 2. The van der Waals surface area contributed by atoms with Gasteiger partial charge in [0.05, 0.1) is 17.7 Å². The molecule has 2 aromatic rings. The van der Waals surface area contributed by atoms with E-state index in [0.29, 0.717) is 23.3 Å². The van der Waals surface area contributed by atoms with E-state index in [9.17, 15) is 13.2 Å². The fourth-order valence-corrected chi connectivity index (χ4v) is 1.75. The topological polar surface area (TPSA) is 22.1 Å². The van der Waals surface area contributed by atoms with Gasteiger partial charge in [0.2, 0.25) is 0 Å². The second-order valence-corrected chi connectivity index (χ2v) is 4.24. The highest BCUT2D eigenvalue weighted by Crippen LogP contribution is 2.33.